The Labute approximate surface area is 168 Å². The first-order valence-electron chi connectivity index (χ1n) is 9.14. The van der Waals surface area contributed by atoms with Crippen LogP contribution in [0.5, 0.6) is 0 Å². The maximum atomic E-state index is 13.6. The van der Waals surface area contributed by atoms with E-state index in [0.717, 1.165) is 27.7 Å². The fourth-order valence-electron chi connectivity index (χ4n) is 3.73. The third kappa shape index (κ3) is 2.81. The predicted molar refractivity (Wildman–Crippen MR) is 115 cm³/mol. The minimum Gasteiger partial charge on any atom is -0.360 e. The number of para-hydroxylation sites is 1. The van der Waals surface area contributed by atoms with E-state index in [4.69, 9.17) is 11.6 Å². The summed E-state index contributed by atoms with van der Waals surface area (Å²) >= 11 is 6.08. The van der Waals surface area contributed by atoms with Gasteiger partial charge in [0.2, 0.25) is 0 Å². The highest BCUT2D eigenvalue weighted by Gasteiger charge is 2.34. The number of benzene rings is 4. The molecule has 136 valence electrons. The zero-order chi connectivity index (χ0) is 19.1. The largest absolute Gasteiger partial charge is 0.360 e. The molecule has 1 N–H and O–H groups in total. The molecule has 0 saturated heterocycles. The van der Waals surface area contributed by atoms with Gasteiger partial charge in [-0.15, -0.1) is 0 Å². The van der Waals surface area contributed by atoms with Crippen molar-refractivity contribution in [1.29, 1.82) is 0 Å². The molecule has 0 saturated carbocycles. The van der Waals surface area contributed by atoms with Gasteiger partial charge in [0.1, 0.15) is 6.17 Å². The van der Waals surface area contributed by atoms with Gasteiger partial charge < -0.3 is 5.32 Å². The van der Waals surface area contributed by atoms with Crippen molar-refractivity contribution in [2.75, 3.05) is 10.2 Å². The molecule has 1 unspecified atom stereocenters. The van der Waals surface area contributed by atoms with Gasteiger partial charge in [-0.1, -0.05) is 66.2 Å². The zero-order valence-electron chi connectivity index (χ0n) is 15.0. The molecule has 0 radical (unpaired) electrons. The molecule has 0 fully saturated rings. The highest BCUT2D eigenvalue weighted by Crippen LogP contribution is 2.38. The number of carbonyl (C=O) groups is 1. The summed E-state index contributed by atoms with van der Waals surface area (Å²) in [6, 6.07) is 29.4. The zero-order valence-corrected chi connectivity index (χ0v) is 15.7. The van der Waals surface area contributed by atoms with Gasteiger partial charge in [0.05, 0.1) is 5.56 Å². The van der Waals surface area contributed by atoms with E-state index in [1.807, 2.05) is 84.9 Å². The summed E-state index contributed by atoms with van der Waals surface area (Å²) in [7, 11) is 0. The average Bonchev–Trinajstić information content (AvgIpc) is 2.74. The Hall–Kier alpha value is -3.30. The van der Waals surface area contributed by atoms with E-state index in [1.54, 1.807) is 4.90 Å². The van der Waals surface area contributed by atoms with E-state index in [9.17, 15) is 4.79 Å². The van der Waals surface area contributed by atoms with Gasteiger partial charge in [-0.3, -0.25) is 9.69 Å². The lowest BCUT2D eigenvalue weighted by molar-refractivity contribution is 0.0975. The Morgan fingerprint density at radius 1 is 0.786 bits per heavy atom. The van der Waals surface area contributed by atoms with Crippen LogP contribution in [0.1, 0.15) is 22.1 Å². The van der Waals surface area contributed by atoms with Crippen LogP contribution < -0.4 is 10.2 Å². The Morgan fingerprint density at radius 2 is 1.43 bits per heavy atom. The molecule has 1 heterocycles. The maximum Gasteiger partial charge on any atom is 0.262 e. The van der Waals surface area contributed by atoms with Crippen molar-refractivity contribution in [1.82, 2.24) is 0 Å². The van der Waals surface area contributed by atoms with Crippen molar-refractivity contribution >= 4 is 39.7 Å². The standard InChI is InChI=1S/C24H17ClN2O/c25-19-12-10-16(11-13-19)23-26-22-15-18-7-5-4-6-17(18)14-21(22)24(28)27(23)20-8-2-1-3-9-20/h1-15,23,26H. The van der Waals surface area contributed by atoms with Crippen LogP contribution in [0.3, 0.4) is 0 Å². The van der Waals surface area contributed by atoms with Gasteiger partial charge in [0.25, 0.3) is 5.91 Å². The topological polar surface area (TPSA) is 32.3 Å². The highest BCUT2D eigenvalue weighted by atomic mass is 35.5. The number of amides is 1. The fourth-order valence-corrected chi connectivity index (χ4v) is 3.85. The van der Waals surface area contributed by atoms with Crippen LogP contribution in [0.25, 0.3) is 10.8 Å². The van der Waals surface area contributed by atoms with E-state index >= 15 is 0 Å². The molecule has 3 nitrogen and oxygen atoms in total. The molecule has 1 aliphatic rings. The molecule has 1 amide bonds. The summed E-state index contributed by atoms with van der Waals surface area (Å²) in [5.41, 5.74) is 3.34. The molecule has 4 heteroatoms. The lowest BCUT2D eigenvalue weighted by Crippen LogP contribution is -2.43. The van der Waals surface area contributed by atoms with Crippen LogP contribution >= 0.6 is 11.6 Å². The van der Waals surface area contributed by atoms with Crippen LogP contribution in [0.15, 0.2) is 91.0 Å². The van der Waals surface area contributed by atoms with Crippen molar-refractivity contribution < 1.29 is 4.79 Å². The normalized spacial score (nSPS) is 16.0. The molecule has 4 aromatic rings. The van der Waals surface area contributed by atoms with Crippen LogP contribution in [0.4, 0.5) is 11.4 Å². The molecule has 0 bridgehead atoms. The van der Waals surface area contributed by atoms with Gasteiger partial charge in [-0.2, -0.15) is 0 Å². The van der Waals surface area contributed by atoms with Gasteiger partial charge in [0.15, 0.2) is 0 Å². The average molecular weight is 385 g/mol. The number of nitrogens with zero attached hydrogens (tertiary/aromatic N) is 1. The molecule has 0 spiro atoms. The van der Waals surface area contributed by atoms with Crippen molar-refractivity contribution in [3.63, 3.8) is 0 Å². The number of rotatable bonds is 2. The first-order chi connectivity index (χ1) is 13.7. The van der Waals surface area contributed by atoms with Crippen LogP contribution in [-0.2, 0) is 0 Å². The Kier molecular flexibility index (Phi) is 4.03. The van der Waals surface area contributed by atoms with Crippen LogP contribution in [-0.4, -0.2) is 5.91 Å². The maximum absolute atomic E-state index is 13.6. The fraction of sp³-hybridized carbons (Fsp3) is 0.0417. The molecule has 0 aromatic heterocycles. The summed E-state index contributed by atoms with van der Waals surface area (Å²) in [5, 5.41) is 6.39. The minimum atomic E-state index is -0.319. The quantitative estimate of drug-likeness (QED) is 0.442. The summed E-state index contributed by atoms with van der Waals surface area (Å²) < 4.78 is 0. The van der Waals surface area contributed by atoms with Crippen LogP contribution in [0.2, 0.25) is 5.02 Å². The highest BCUT2D eigenvalue weighted by molar-refractivity contribution is 6.30. The van der Waals surface area contributed by atoms with E-state index in [0.29, 0.717) is 10.6 Å². The molecule has 1 atom stereocenters. The van der Waals surface area contributed by atoms with Crippen molar-refractivity contribution in [2.24, 2.45) is 0 Å². The lowest BCUT2D eigenvalue weighted by atomic mass is 9.99. The molecular formula is C24H17ClN2O. The minimum absolute atomic E-state index is 0.0225. The van der Waals surface area contributed by atoms with Crippen molar-refractivity contribution in [2.45, 2.75) is 6.17 Å². The first kappa shape index (κ1) is 16.8. The van der Waals surface area contributed by atoms with Crippen molar-refractivity contribution in [3.05, 3.63) is 107 Å². The Morgan fingerprint density at radius 3 is 2.14 bits per heavy atom. The second-order valence-electron chi connectivity index (χ2n) is 6.85. The van der Waals surface area contributed by atoms with Gasteiger partial charge in [-0.05, 0) is 52.7 Å². The Bertz CT molecular complexity index is 1170. The summed E-state index contributed by atoms with van der Waals surface area (Å²) in [6.45, 7) is 0. The molecule has 1 aliphatic heterocycles. The first-order valence-corrected chi connectivity index (χ1v) is 9.52. The molecule has 4 aromatic carbocycles. The summed E-state index contributed by atoms with van der Waals surface area (Å²) in [4.78, 5) is 15.4. The number of carbonyl (C=O) groups excluding carboxylic acids is 1. The Balaban J connectivity index is 1.70. The number of halogens is 1. The molecule has 5 rings (SSSR count). The van der Waals surface area contributed by atoms with Crippen molar-refractivity contribution in [3.8, 4) is 0 Å². The van der Waals surface area contributed by atoms with E-state index < -0.39 is 0 Å². The van der Waals surface area contributed by atoms with Gasteiger partial charge in [-0.25, -0.2) is 0 Å². The third-order valence-electron chi connectivity index (χ3n) is 5.11. The summed E-state index contributed by atoms with van der Waals surface area (Å²) in [6.07, 6.45) is -0.319. The number of hydrogen-bond donors (Lipinski definition) is 1. The van der Waals surface area contributed by atoms with E-state index in [2.05, 4.69) is 11.4 Å². The SMILES string of the molecule is O=C1c2cc3ccccc3cc2NC(c2ccc(Cl)cc2)N1c1ccccc1. The number of nitrogens with one attached hydrogen (secondary N) is 1. The smallest absolute Gasteiger partial charge is 0.262 e. The lowest BCUT2D eigenvalue weighted by Gasteiger charge is -2.38. The summed E-state index contributed by atoms with van der Waals surface area (Å²) in [5.74, 6) is -0.0225. The molecule has 0 aliphatic carbocycles. The van der Waals surface area contributed by atoms with E-state index in [1.165, 1.54) is 0 Å². The van der Waals surface area contributed by atoms with E-state index in [-0.39, 0.29) is 12.1 Å². The predicted octanol–water partition coefficient (Wildman–Crippen LogP) is 6.26. The van der Waals surface area contributed by atoms with Gasteiger partial charge >= 0.3 is 0 Å². The second kappa shape index (κ2) is 6.70. The number of fused-ring (bicyclic) bond motifs is 2. The molecule has 28 heavy (non-hydrogen) atoms. The number of hydrogen-bond acceptors (Lipinski definition) is 2. The van der Waals surface area contributed by atoms with Crippen LogP contribution in [0, 0.1) is 0 Å². The second-order valence-corrected chi connectivity index (χ2v) is 7.29. The third-order valence-corrected chi connectivity index (χ3v) is 5.36. The molecular weight excluding hydrogens is 368 g/mol. The monoisotopic (exact) mass is 384 g/mol. The van der Waals surface area contributed by atoms with Gasteiger partial charge in [0, 0.05) is 16.4 Å². The number of anilines is 2.